The van der Waals surface area contributed by atoms with Gasteiger partial charge >= 0.3 is 0 Å². The second kappa shape index (κ2) is 7.16. The van der Waals surface area contributed by atoms with E-state index in [0.717, 1.165) is 11.1 Å². The third-order valence-electron chi connectivity index (χ3n) is 4.80. The van der Waals surface area contributed by atoms with E-state index in [1.54, 1.807) is 35.8 Å². The number of aryl methyl sites for hydroxylation is 1. The molecular formula is C20H19ClN4O3. The molecule has 1 atom stereocenters. The van der Waals surface area contributed by atoms with Crippen molar-refractivity contribution in [2.75, 3.05) is 0 Å². The summed E-state index contributed by atoms with van der Waals surface area (Å²) in [7, 11) is 0. The Bertz CT molecular complexity index is 1240. The number of carbonyl (C=O) groups excluding carboxylic acids is 1. The minimum absolute atomic E-state index is 0.276. The van der Waals surface area contributed by atoms with Crippen molar-refractivity contribution in [3.8, 4) is 0 Å². The smallest absolute Gasteiger partial charge is 0.291 e. The Labute approximate surface area is 165 Å². The first-order valence-electron chi connectivity index (χ1n) is 9.02. The summed E-state index contributed by atoms with van der Waals surface area (Å²) in [5, 5.41) is 7.86. The first-order valence-corrected chi connectivity index (χ1v) is 9.40. The van der Waals surface area contributed by atoms with Gasteiger partial charge in [0.15, 0.2) is 5.58 Å². The highest BCUT2D eigenvalue weighted by Crippen LogP contribution is 2.21. The summed E-state index contributed by atoms with van der Waals surface area (Å²) in [4.78, 5) is 25.6. The van der Waals surface area contributed by atoms with E-state index in [9.17, 15) is 9.59 Å². The number of nitrogens with one attached hydrogen (secondary N) is 1. The van der Waals surface area contributed by atoms with E-state index >= 15 is 0 Å². The van der Waals surface area contributed by atoms with Gasteiger partial charge in [-0.25, -0.2) is 4.68 Å². The van der Waals surface area contributed by atoms with Crippen LogP contribution in [-0.2, 0) is 17.8 Å². The molecule has 4 aromatic rings. The summed E-state index contributed by atoms with van der Waals surface area (Å²) < 4.78 is 8.43. The van der Waals surface area contributed by atoms with Crippen LogP contribution >= 0.6 is 11.6 Å². The van der Waals surface area contributed by atoms with Gasteiger partial charge in [0.05, 0.1) is 11.8 Å². The Morgan fingerprint density at radius 2 is 2.07 bits per heavy atom. The fourth-order valence-corrected chi connectivity index (χ4v) is 3.47. The molecule has 28 heavy (non-hydrogen) atoms. The number of fused-ring (bicyclic) bond motifs is 3. The van der Waals surface area contributed by atoms with Gasteiger partial charge in [0.25, 0.3) is 5.56 Å². The Morgan fingerprint density at radius 1 is 1.29 bits per heavy atom. The lowest BCUT2D eigenvalue weighted by Gasteiger charge is -2.16. The lowest BCUT2D eigenvalue weighted by molar-refractivity contribution is -0.124. The van der Waals surface area contributed by atoms with Gasteiger partial charge in [-0.1, -0.05) is 36.7 Å². The molecule has 0 saturated heterocycles. The summed E-state index contributed by atoms with van der Waals surface area (Å²) >= 11 is 6.13. The summed E-state index contributed by atoms with van der Waals surface area (Å²) in [6.45, 7) is 3.88. The predicted molar refractivity (Wildman–Crippen MR) is 107 cm³/mol. The first-order chi connectivity index (χ1) is 13.5. The number of hydrogen-bond donors (Lipinski definition) is 1. The quantitative estimate of drug-likeness (QED) is 0.559. The lowest BCUT2D eigenvalue weighted by atomic mass is 10.2. The van der Waals surface area contributed by atoms with E-state index in [1.165, 1.54) is 4.68 Å². The molecule has 1 N–H and O–H groups in total. The number of rotatable bonds is 5. The van der Waals surface area contributed by atoms with Crippen molar-refractivity contribution in [2.24, 2.45) is 0 Å². The van der Waals surface area contributed by atoms with E-state index in [-0.39, 0.29) is 18.0 Å². The fraction of sp³-hybridized carbons (Fsp3) is 0.250. The molecule has 144 valence electrons. The molecule has 0 bridgehead atoms. The highest BCUT2D eigenvalue weighted by atomic mass is 35.5. The topological polar surface area (TPSA) is 81.5 Å². The van der Waals surface area contributed by atoms with Crippen molar-refractivity contribution < 1.29 is 9.21 Å². The zero-order valence-corrected chi connectivity index (χ0v) is 16.2. The molecule has 7 nitrogen and oxygen atoms in total. The number of furan rings is 1. The summed E-state index contributed by atoms with van der Waals surface area (Å²) in [6, 6.07) is 10.0. The van der Waals surface area contributed by atoms with Crippen LogP contribution in [0, 0.1) is 0 Å². The van der Waals surface area contributed by atoms with Gasteiger partial charge in [-0.05, 0) is 18.6 Å². The van der Waals surface area contributed by atoms with Crippen LogP contribution in [0.25, 0.3) is 16.6 Å². The van der Waals surface area contributed by atoms with Gasteiger partial charge in [-0.2, -0.15) is 5.10 Å². The van der Waals surface area contributed by atoms with Crippen molar-refractivity contribution in [3.63, 3.8) is 0 Å². The number of nitrogens with zero attached hydrogens (tertiary/aromatic N) is 3. The van der Waals surface area contributed by atoms with Gasteiger partial charge in [0.1, 0.15) is 17.4 Å². The third kappa shape index (κ3) is 2.97. The van der Waals surface area contributed by atoms with Crippen LogP contribution in [0.1, 0.15) is 31.3 Å². The number of hydrogen-bond acceptors (Lipinski definition) is 4. The molecule has 1 amide bonds. The maximum Gasteiger partial charge on any atom is 0.291 e. The zero-order chi connectivity index (χ0) is 19.8. The normalized spacial score (nSPS) is 12.5. The molecule has 0 aliphatic carbocycles. The van der Waals surface area contributed by atoms with Crippen LogP contribution in [0.2, 0.25) is 5.02 Å². The second-order valence-electron chi connectivity index (χ2n) is 6.54. The number of aromatic nitrogens is 3. The van der Waals surface area contributed by atoms with Crippen LogP contribution in [-0.4, -0.2) is 20.1 Å². The molecule has 0 aliphatic heterocycles. The zero-order valence-electron chi connectivity index (χ0n) is 15.5. The Kier molecular flexibility index (Phi) is 4.68. The lowest BCUT2D eigenvalue weighted by Crippen LogP contribution is -2.38. The van der Waals surface area contributed by atoms with Crippen LogP contribution in [0.5, 0.6) is 0 Å². The summed E-state index contributed by atoms with van der Waals surface area (Å²) in [5.41, 5.74) is 2.30. The van der Waals surface area contributed by atoms with Gasteiger partial charge in [0.2, 0.25) is 5.91 Å². The average molecular weight is 399 g/mol. The fourth-order valence-electron chi connectivity index (χ4n) is 3.27. The highest BCUT2D eigenvalue weighted by molar-refractivity contribution is 6.31. The SMILES string of the molecule is CCc1nn([C@H](C)C(=O)NCc2ccccc2Cl)c(=O)c2cc3occc3n12. The maximum atomic E-state index is 13.0. The number of halogens is 1. The van der Waals surface area contributed by atoms with Crippen molar-refractivity contribution in [3.05, 3.63) is 69.4 Å². The minimum Gasteiger partial charge on any atom is -0.463 e. The molecule has 0 saturated carbocycles. The first kappa shape index (κ1) is 18.3. The molecule has 3 aromatic heterocycles. The molecule has 8 heteroatoms. The number of benzene rings is 1. The van der Waals surface area contributed by atoms with Crippen molar-refractivity contribution >= 4 is 34.1 Å². The number of carbonyl (C=O) groups is 1. The third-order valence-corrected chi connectivity index (χ3v) is 5.17. The molecule has 4 rings (SSSR count). The van der Waals surface area contributed by atoms with Crippen LogP contribution in [0.15, 0.2) is 51.9 Å². The van der Waals surface area contributed by atoms with Gasteiger partial charge in [0, 0.05) is 30.1 Å². The maximum absolute atomic E-state index is 13.0. The summed E-state index contributed by atoms with van der Waals surface area (Å²) in [5.74, 6) is 0.368. The molecule has 3 heterocycles. The van der Waals surface area contributed by atoms with E-state index in [2.05, 4.69) is 10.4 Å². The molecule has 1 aromatic carbocycles. The largest absolute Gasteiger partial charge is 0.463 e. The molecule has 0 fully saturated rings. The highest BCUT2D eigenvalue weighted by Gasteiger charge is 2.22. The van der Waals surface area contributed by atoms with Gasteiger partial charge in [-0.15, -0.1) is 0 Å². The second-order valence-corrected chi connectivity index (χ2v) is 6.95. The van der Waals surface area contributed by atoms with E-state index in [4.69, 9.17) is 16.0 Å². The molecule has 0 unspecified atom stereocenters. The van der Waals surface area contributed by atoms with Crippen molar-refractivity contribution in [1.82, 2.24) is 19.5 Å². The van der Waals surface area contributed by atoms with E-state index < -0.39 is 6.04 Å². The molecule has 0 radical (unpaired) electrons. The van der Waals surface area contributed by atoms with Crippen LogP contribution in [0.4, 0.5) is 0 Å². The molecular weight excluding hydrogens is 380 g/mol. The van der Waals surface area contributed by atoms with Crippen molar-refractivity contribution in [1.29, 1.82) is 0 Å². The molecule has 0 spiro atoms. The van der Waals surface area contributed by atoms with Gasteiger partial charge in [-0.3, -0.25) is 14.0 Å². The number of amides is 1. The Hall–Kier alpha value is -3.06. The predicted octanol–water partition coefficient (Wildman–Crippen LogP) is 3.34. The van der Waals surface area contributed by atoms with Crippen LogP contribution in [0.3, 0.4) is 0 Å². The monoisotopic (exact) mass is 398 g/mol. The van der Waals surface area contributed by atoms with E-state index in [0.29, 0.717) is 28.4 Å². The Balaban J connectivity index is 1.67. The standard InChI is InChI=1S/C20H19ClN4O3/c1-3-18-23-25(20(27)16-10-17-15(24(16)18)8-9-28-17)12(2)19(26)22-11-13-6-4-5-7-14(13)21/h4-10,12H,3,11H2,1-2H3,(H,22,26)/t12-/m1/s1. The minimum atomic E-state index is -0.772. The summed E-state index contributed by atoms with van der Waals surface area (Å²) in [6.07, 6.45) is 2.17. The Morgan fingerprint density at radius 3 is 2.82 bits per heavy atom. The molecule has 0 aliphatic rings. The van der Waals surface area contributed by atoms with Crippen LogP contribution < -0.4 is 10.9 Å². The van der Waals surface area contributed by atoms with E-state index in [1.807, 2.05) is 25.1 Å². The van der Waals surface area contributed by atoms with Gasteiger partial charge < -0.3 is 9.73 Å². The average Bonchev–Trinajstić information content (AvgIpc) is 3.29. The van der Waals surface area contributed by atoms with Crippen molar-refractivity contribution in [2.45, 2.75) is 32.9 Å².